The molecule has 1 aromatic rings. The molecule has 1 saturated carbocycles. The van der Waals surface area contributed by atoms with E-state index in [1.807, 2.05) is 0 Å². The number of nitrogens with one attached hydrogen (secondary N) is 1. The molecule has 0 radical (unpaired) electrons. The van der Waals surface area contributed by atoms with E-state index in [0.29, 0.717) is 24.5 Å². The summed E-state index contributed by atoms with van der Waals surface area (Å²) in [5.74, 6) is -2.37. The van der Waals surface area contributed by atoms with Gasteiger partial charge < -0.3 is 20.1 Å². The third kappa shape index (κ3) is 2.40. The van der Waals surface area contributed by atoms with Gasteiger partial charge in [-0.2, -0.15) is 0 Å². The normalized spacial score (nSPS) is 26.4. The summed E-state index contributed by atoms with van der Waals surface area (Å²) in [7, 11) is 0. The maximum Gasteiger partial charge on any atom is 0.322 e. The summed E-state index contributed by atoms with van der Waals surface area (Å²) in [4.78, 5) is 36.1. The molecule has 0 bridgehead atoms. The maximum atomic E-state index is 13.1. The predicted octanol–water partition coefficient (Wildman–Crippen LogP) is 1.45. The van der Waals surface area contributed by atoms with Gasteiger partial charge in [0.2, 0.25) is 0 Å². The fourth-order valence-corrected chi connectivity index (χ4v) is 3.69. The molecule has 2 heterocycles. The molecule has 1 fully saturated rings. The third-order valence-electron chi connectivity index (χ3n) is 5.07. The van der Waals surface area contributed by atoms with Crippen LogP contribution >= 0.6 is 0 Å². The molecular formula is C17H20N2O5. The number of hydrogen-bond acceptors (Lipinski definition) is 4. The Morgan fingerprint density at radius 1 is 1.38 bits per heavy atom. The zero-order valence-electron chi connectivity index (χ0n) is 13.4. The summed E-state index contributed by atoms with van der Waals surface area (Å²) in [6.45, 7) is 1.53. The van der Waals surface area contributed by atoms with Crippen LogP contribution in [0.4, 0.5) is 0 Å². The van der Waals surface area contributed by atoms with Crippen molar-refractivity contribution in [2.75, 3.05) is 6.54 Å². The summed E-state index contributed by atoms with van der Waals surface area (Å²) < 4.78 is 1.77. The van der Waals surface area contributed by atoms with Gasteiger partial charge in [0.05, 0.1) is 5.69 Å². The second kappa shape index (κ2) is 5.81. The number of Topliss-reactive ketones (excluding diaryl/α,β-unsaturated/α-hetero) is 1. The molecule has 1 amide bonds. The van der Waals surface area contributed by atoms with Crippen molar-refractivity contribution in [2.45, 2.75) is 38.1 Å². The summed E-state index contributed by atoms with van der Waals surface area (Å²) in [6.07, 6.45) is 4.66. The lowest BCUT2D eigenvalue weighted by atomic mass is 9.71. The van der Waals surface area contributed by atoms with Crippen molar-refractivity contribution in [1.29, 1.82) is 0 Å². The molecule has 1 aliphatic heterocycles. The second-order valence-electron chi connectivity index (χ2n) is 6.61. The summed E-state index contributed by atoms with van der Waals surface area (Å²) in [6, 6.07) is 3.39. The van der Waals surface area contributed by atoms with Gasteiger partial charge in [-0.25, -0.2) is 0 Å². The number of carboxylic acids is 1. The zero-order valence-corrected chi connectivity index (χ0v) is 13.4. The number of hydrogen-bond donors (Lipinski definition) is 3. The van der Waals surface area contributed by atoms with Gasteiger partial charge in [0.1, 0.15) is 17.7 Å². The van der Waals surface area contributed by atoms with Gasteiger partial charge in [-0.1, -0.05) is 6.92 Å². The highest BCUT2D eigenvalue weighted by Crippen LogP contribution is 2.45. The van der Waals surface area contributed by atoms with Crippen LogP contribution in [-0.4, -0.2) is 39.0 Å². The summed E-state index contributed by atoms with van der Waals surface area (Å²) >= 11 is 0. The first-order valence-corrected chi connectivity index (χ1v) is 8.03. The number of carbonyl (C=O) groups excluding carboxylic acids is 2. The Balaban J connectivity index is 2.04. The Hall–Kier alpha value is -2.57. The smallest absolute Gasteiger partial charge is 0.322 e. The van der Waals surface area contributed by atoms with Crippen molar-refractivity contribution in [2.24, 2.45) is 5.92 Å². The number of aromatic nitrogens is 1. The average molecular weight is 332 g/mol. The van der Waals surface area contributed by atoms with Gasteiger partial charge in [-0.15, -0.1) is 0 Å². The molecule has 0 aromatic carbocycles. The van der Waals surface area contributed by atoms with Crippen LogP contribution in [0.25, 0.3) is 5.76 Å². The monoisotopic (exact) mass is 332 g/mol. The maximum absolute atomic E-state index is 13.1. The number of aliphatic hydroxyl groups excluding tert-OH is 1. The van der Waals surface area contributed by atoms with Gasteiger partial charge in [0.15, 0.2) is 11.5 Å². The Morgan fingerprint density at radius 2 is 2.04 bits per heavy atom. The Bertz CT molecular complexity index is 738. The lowest BCUT2D eigenvalue weighted by Crippen LogP contribution is -2.51. The fourth-order valence-electron chi connectivity index (χ4n) is 3.69. The van der Waals surface area contributed by atoms with Crippen LogP contribution in [0.15, 0.2) is 23.9 Å². The topological polar surface area (TPSA) is 109 Å². The standard InChI is InChI=1S/C17H20N2O5/c1-10-4-6-17(7-5-10)15(23)13(16(24)18-9-12(20)21)14(22)11-3-2-8-19(11)17/h2-3,8,10,22H,4-7,9H2,1H3,(H,18,24)(H,20,21). The number of amides is 1. The van der Waals surface area contributed by atoms with Crippen LogP contribution in [0.1, 0.15) is 38.3 Å². The molecule has 7 nitrogen and oxygen atoms in total. The highest BCUT2D eigenvalue weighted by Gasteiger charge is 2.50. The molecule has 0 unspecified atom stereocenters. The van der Waals surface area contributed by atoms with Crippen molar-refractivity contribution in [3.8, 4) is 0 Å². The molecule has 1 spiro atoms. The molecule has 3 N–H and O–H groups in total. The number of carboxylic acid groups (broad SMARTS) is 1. The highest BCUT2D eigenvalue weighted by molar-refractivity contribution is 6.27. The Kier molecular flexibility index (Phi) is 3.95. The second-order valence-corrected chi connectivity index (χ2v) is 6.61. The molecule has 7 heteroatoms. The van der Waals surface area contributed by atoms with E-state index in [0.717, 1.165) is 12.8 Å². The molecule has 0 atom stereocenters. The van der Waals surface area contributed by atoms with E-state index in [9.17, 15) is 19.5 Å². The van der Waals surface area contributed by atoms with Gasteiger partial charge in [-0.05, 0) is 43.7 Å². The van der Waals surface area contributed by atoms with Crippen LogP contribution in [-0.2, 0) is 19.9 Å². The number of ketones is 1. The van der Waals surface area contributed by atoms with E-state index in [1.165, 1.54) is 0 Å². The van der Waals surface area contributed by atoms with Gasteiger partial charge >= 0.3 is 5.97 Å². The van der Waals surface area contributed by atoms with Crippen LogP contribution in [0.3, 0.4) is 0 Å². The number of rotatable bonds is 3. The minimum Gasteiger partial charge on any atom is -0.505 e. The minimum absolute atomic E-state index is 0.336. The van der Waals surface area contributed by atoms with Crippen molar-refractivity contribution >= 4 is 23.4 Å². The number of nitrogens with zero attached hydrogens (tertiary/aromatic N) is 1. The number of fused-ring (bicyclic) bond motifs is 2. The first-order chi connectivity index (χ1) is 11.4. The SMILES string of the molecule is CC1CCC2(CC1)C(=O)C(C(=O)NCC(=O)O)=C(O)c1cccn12. The fraction of sp³-hybridized carbons (Fsp3) is 0.471. The van der Waals surface area contributed by atoms with Gasteiger partial charge in [-0.3, -0.25) is 14.4 Å². The largest absolute Gasteiger partial charge is 0.505 e. The van der Waals surface area contributed by atoms with Crippen molar-refractivity contribution in [1.82, 2.24) is 9.88 Å². The number of aliphatic hydroxyl groups is 1. The van der Waals surface area contributed by atoms with E-state index >= 15 is 0 Å². The highest BCUT2D eigenvalue weighted by atomic mass is 16.4. The molecule has 2 aliphatic rings. The van der Waals surface area contributed by atoms with Crippen LogP contribution < -0.4 is 5.32 Å². The summed E-state index contributed by atoms with van der Waals surface area (Å²) in [5, 5.41) is 21.3. The molecule has 0 saturated heterocycles. The molecule has 1 aromatic heterocycles. The lowest BCUT2D eigenvalue weighted by Gasteiger charge is -2.43. The molecule has 1 aliphatic carbocycles. The molecule has 3 rings (SSSR count). The molecule has 128 valence electrons. The third-order valence-corrected chi connectivity index (χ3v) is 5.07. The Labute approximate surface area is 139 Å². The van der Waals surface area contributed by atoms with Crippen LogP contribution in [0.5, 0.6) is 0 Å². The average Bonchev–Trinajstić information content (AvgIpc) is 3.03. The Morgan fingerprint density at radius 3 is 2.67 bits per heavy atom. The van der Waals surface area contributed by atoms with Crippen LogP contribution in [0, 0.1) is 5.92 Å². The van der Waals surface area contributed by atoms with Crippen molar-refractivity contribution < 1.29 is 24.6 Å². The van der Waals surface area contributed by atoms with E-state index in [4.69, 9.17) is 5.11 Å². The van der Waals surface area contributed by atoms with E-state index in [2.05, 4.69) is 12.2 Å². The van der Waals surface area contributed by atoms with Crippen molar-refractivity contribution in [3.63, 3.8) is 0 Å². The van der Waals surface area contributed by atoms with E-state index in [-0.39, 0.29) is 5.57 Å². The van der Waals surface area contributed by atoms with Crippen molar-refractivity contribution in [3.05, 3.63) is 29.6 Å². The predicted molar refractivity (Wildman–Crippen MR) is 85.2 cm³/mol. The first kappa shape index (κ1) is 16.3. The summed E-state index contributed by atoms with van der Waals surface area (Å²) in [5.41, 5.74) is -0.783. The first-order valence-electron chi connectivity index (χ1n) is 8.03. The zero-order chi connectivity index (χ0) is 17.5. The van der Waals surface area contributed by atoms with E-state index < -0.39 is 35.5 Å². The molecular weight excluding hydrogens is 312 g/mol. The van der Waals surface area contributed by atoms with Gasteiger partial charge in [0, 0.05) is 6.20 Å². The lowest BCUT2D eigenvalue weighted by molar-refractivity contribution is -0.138. The number of aliphatic carboxylic acids is 1. The van der Waals surface area contributed by atoms with Crippen LogP contribution in [0.2, 0.25) is 0 Å². The number of carbonyl (C=O) groups is 3. The van der Waals surface area contributed by atoms with E-state index in [1.54, 1.807) is 22.9 Å². The van der Waals surface area contributed by atoms with Gasteiger partial charge in [0.25, 0.3) is 5.91 Å². The minimum atomic E-state index is -1.21. The quantitative estimate of drug-likeness (QED) is 0.726. The molecule has 24 heavy (non-hydrogen) atoms.